The SMILES string of the molecule is CC(C)NC(=O)CNC(=O)NC1CC1. The van der Waals surface area contributed by atoms with Crippen LogP contribution in [0.3, 0.4) is 0 Å². The van der Waals surface area contributed by atoms with Gasteiger partial charge in [-0.25, -0.2) is 4.79 Å². The first-order valence-electron chi connectivity index (χ1n) is 4.91. The Labute approximate surface area is 83.6 Å². The van der Waals surface area contributed by atoms with Crippen molar-refractivity contribution in [3.63, 3.8) is 0 Å². The smallest absolute Gasteiger partial charge is 0.315 e. The third-order valence-corrected chi connectivity index (χ3v) is 1.77. The third kappa shape index (κ3) is 4.69. The van der Waals surface area contributed by atoms with Gasteiger partial charge < -0.3 is 16.0 Å². The molecular formula is C9H17N3O2. The molecule has 0 heterocycles. The molecule has 0 aliphatic heterocycles. The van der Waals surface area contributed by atoms with Crippen molar-refractivity contribution in [2.24, 2.45) is 0 Å². The van der Waals surface area contributed by atoms with E-state index in [0.29, 0.717) is 6.04 Å². The first kappa shape index (κ1) is 10.8. The topological polar surface area (TPSA) is 70.2 Å². The Morgan fingerprint density at radius 1 is 1.36 bits per heavy atom. The second-order valence-electron chi connectivity index (χ2n) is 3.82. The lowest BCUT2D eigenvalue weighted by atomic mass is 10.4. The molecule has 0 aromatic rings. The van der Waals surface area contributed by atoms with E-state index >= 15 is 0 Å². The van der Waals surface area contributed by atoms with Gasteiger partial charge in [-0.2, -0.15) is 0 Å². The molecule has 0 spiro atoms. The average Bonchev–Trinajstić information content (AvgIpc) is 2.83. The monoisotopic (exact) mass is 199 g/mol. The predicted octanol–water partition coefficient (Wildman–Crippen LogP) is -0.0274. The summed E-state index contributed by atoms with van der Waals surface area (Å²) >= 11 is 0. The van der Waals surface area contributed by atoms with E-state index in [1.165, 1.54) is 0 Å². The molecule has 1 rings (SSSR count). The largest absolute Gasteiger partial charge is 0.352 e. The lowest BCUT2D eigenvalue weighted by Gasteiger charge is -2.09. The number of hydrogen-bond acceptors (Lipinski definition) is 2. The number of urea groups is 1. The molecule has 80 valence electrons. The zero-order valence-electron chi connectivity index (χ0n) is 8.59. The van der Waals surface area contributed by atoms with Gasteiger partial charge in [0.1, 0.15) is 0 Å². The number of carbonyl (C=O) groups is 2. The number of carbonyl (C=O) groups excluding carboxylic acids is 2. The molecule has 0 bridgehead atoms. The van der Waals surface area contributed by atoms with Crippen LogP contribution in [0.25, 0.3) is 0 Å². The van der Waals surface area contributed by atoms with Crippen LogP contribution in [0.5, 0.6) is 0 Å². The molecule has 0 radical (unpaired) electrons. The third-order valence-electron chi connectivity index (χ3n) is 1.77. The van der Waals surface area contributed by atoms with Gasteiger partial charge >= 0.3 is 6.03 Å². The zero-order chi connectivity index (χ0) is 10.6. The molecular weight excluding hydrogens is 182 g/mol. The molecule has 0 atom stereocenters. The molecule has 0 saturated heterocycles. The van der Waals surface area contributed by atoms with Crippen LogP contribution in [0.4, 0.5) is 4.79 Å². The van der Waals surface area contributed by atoms with Crippen molar-refractivity contribution in [1.29, 1.82) is 0 Å². The fraction of sp³-hybridized carbons (Fsp3) is 0.778. The van der Waals surface area contributed by atoms with Crippen molar-refractivity contribution >= 4 is 11.9 Å². The summed E-state index contributed by atoms with van der Waals surface area (Å²) < 4.78 is 0. The van der Waals surface area contributed by atoms with Crippen molar-refractivity contribution in [2.45, 2.75) is 38.8 Å². The second-order valence-corrected chi connectivity index (χ2v) is 3.82. The molecule has 0 aromatic heterocycles. The molecule has 1 saturated carbocycles. The van der Waals surface area contributed by atoms with Crippen molar-refractivity contribution < 1.29 is 9.59 Å². The lowest BCUT2D eigenvalue weighted by Crippen LogP contribution is -2.44. The van der Waals surface area contributed by atoms with Crippen LogP contribution in [-0.4, -0.2) is 30.6 Å². The second kappa shape index (κ2) is 4.83. The molecule has 1 aliphatic rings. The maximum atomic E-state index is 11.1. The average molecular weight is 199 g/mol. The zero-order valence-corrected chi connectivity index (χ0v) is 8.59. The van der Waals surface area contributed by atoms with Gasteiger partial charge in [0.05, 0.1) is 6.54 Å². The fourth-order valence-electron chi connectivity index (χ4n) is 0.998. The van der Waals surface area contributed by atoms with Gasteiger partial charge in [-0.15, -0.1) is 0 Å². The molecule has 5 heteroatoms. The fourth-order valence-corrected chi connectivity index (χ4v) is 0.998. The van der Waals surface area contributed by atoms with E-state index in [9.17, 15) is 9.59 Å². The highest BCUT2D eigenvalue weighted by Gasteiger charge is 2.23. The van der Waals surface area contributed by atoms with E-state index in [4.69, 9.17) is 0 Å². The molecule has 5 nitrogen and oxygen atoms in total. The maximum Gasteiger partial charge on any atom is 0.315 e. The van der Waals surface area contributed by atoms with Gasteiger partial charge in [0.2, 0.25) is 5.91 Å². The van der Waals surface area contributed by atoms with E-state index in [2.05, 4.69) is 16.0 Å². The first-order valence-corrected chi connectivity index (χ1v) is 4.91. The van der Waals surface area contributed by atoms with Crippen LogP contribution in [0.15, 0.2) is 0 Å². The van der Waals surface area contributed by atoms with Gasteiger partial charge in [0, 0.05) is 12.1 Å². The number of hydrogen-bond donors (Lipinski definition) is 3. The number of amides is 3. The first-order chi connectivity index (χ1) is 6.58. The van der Waals surface area contributed by atoms with Crippen molar-refractivity contribution in [3.8, 4) is 0 Å². The highest BCUT2D eigenvalue weighted by atomic mass is 16.2. The summed E-state index contributed by atoms with van der Waals surface area (Å²) in [7, 11) is 0. The van der Waals surface area contributed by atoms with E-state index < -0.39 is 0 Å². The predicted molar refractivity (Wildman–Crippen MR) is 52.8 cm³/mol. The molecule has 3 amide bonds. The van der Waals surface area contributed by atoms with Crippen molar-refractivity contribution in [2.75, 3.05) is 6.54 Å². The Hall–Kier alpha value is -1.26. The molecule has 1 fully saturated rings. The van der Waals surface area contributed by atoms with E-state index in [0.717, 1.165) is 12.8 Å². The summed E-state index contributed by atoms with van der Waals surface area (Å²) in [5, 5.41) is 7.92. The van der Waals surface area contributed by atoms with Gasteiger partial charge in [0.25, 0.3) is 0 Å². The summed E-state index contributed by atoms with van der Waals surface area (Å²) in [6.45, 7) is 3.79. The summed E-state index contributed by atoms with van der Waals surface area (Å²) in [5.74, 6) is -0.161. The highest BCUT2D eigenvalue weighted by molar-refractivity contribution is 5.84. The minimum atomic E-state index is -0.258. The van der Waals surface area contributed by atoms with Gasteiger partial charge in [-0.3, -0.25) is 4.79 Å². The van der Waals surface area contributed by atoms with E-state index in [1.54, 1.807) is 0 Å². The lowest BCUT2D eigenvalue weighted by molar-refractivity contribution is -0.120. The Bertz CT molecular complexity index is 208. The molecule has 3 N–H and O–H groups in total. The summed E-state index contributed by atoms with van der Waals surface area (Å²) in [5.41, 5.74) is 0. The van der Waals surface area contributed by atoms with Gasteiger partial charge in [-0.05, 0) is 26.7 Å². The van der Waals surface area contributed by atoms with Crippen LogP contribution in [0.2, 0.25) is 0 Å². The standard InChI is InChI=1S/C9H17N3O2/c1-6(2)11-8(13)5-10-9(14)12-7-3-4-7/h6-7H,3-5H2,1-2H3,(H,11,13)(H2,10,12,14). The molecule has 0 unspecified atom stereocenters. The molecule has 14 heavy (non-hydrogen) atoms. The Morgan fingerprint density at radius 3 is 2.50 bits per heavy atom. The summed E-state index contributed by atoms with van der Waals surface area (Å²) in [6.07, 6.45) is 2.09. The van der Waals surface area contributed by atoms with Gasteiger partial charge in [0.15, 0.2) is 0 Å². The normalized spacial score (nSPS) is 15.1. The summed E-state index contributed by atoms with van der Waals surface area (Å²) in [4.78, 5) is 22.2. The highest BCUT2D eigenvalue weighted by Crippen LogP contribution is 2.17. The summed E-state index contributed by atoms with van der Waals surface area (Å²) in [6, 6.07) is 0.172. The van der Waals surface area contributed by atoms with E-state index in [1.807, 2.05) is 13.8 Å². The van der Waals surface area contributed by atoms with Crippen LogP contribution in [0, 0.1) is 0 Å². The van der Waals surface area contributed by atoms with E-state index in [-0.39, 0.29) is 24.5 Å². The van der Waals surface area contributed by atoms with Crippen LogP contribution in [-0.2, 0) is 4.79 Å². The van der Waals surface area contributed by atoms with Crippen LogP contribution < -0.4 is 16.0 Å². The Kier molecular flexibility index (Phi) is 3.73. The molecule has 0 aromatic carbocycles. The van der Waals surface area contributed by atoms with Gasteiger partial charge in [-0.1, -0.05) is 0 Å². The minimum absolute atomic E-state index is 0.0384. The number of nitrogens with one attached hydrogen (secondary N) is 3. The van der Waals surface area contributed by atoms with Crippen LogP contribution >= 0.6 is 0 Å². The quantitative estimate of drug-likeness (QED) is 0.595. The Morgan fingerprint density at radius 2 is 2.00 bits per heavy atom. The van der Waals surface area contributed by atoms with Crippen molar-refractivity contribution in [3.05, 3.63) is 0 Å². The van der Waals surface area contributed by atoms with Crippen molar-refractivity contribution in [1.82, 2.24) is 16.0 Å². The number of rotatable bonds is 4. The minimum Gasteiger partial charge on any atom is -0.352 e. The maximum absolute atomic E-state index is 11.1. The Balaban J connectivity index is 2.06. The molecule has 1 aliphatic carbocycles. The van der Waals surface area contributed by atoms with Crippen LogP contribution in [0.1, 0.15) is 26.7 Å².